The van der Waals surface area contributed by atoms with Crippen molar-refractivity contribution in [3.8, 4) is 0 Å². The molecule has 0 aromatic carbocycles. The number of thiophene rings is 1. The van der Waals surface area contributed by atoms with Gasteiger partial charge in [0, 0.05) is 6.04 Å². The van der Waals surface area contributed by atoms with Crippen LogP contribution in [0.3, 0.4) is 0 Å². The van der Waals surface area contributed by atoms with Crippen LogP contribution in [0.2, 0.25) is 5.28 Å². The molecule has 19 heavy (non-hydrogen) atoms. The maximum Gasteiger partial charge on any atom is 0.242 e. The number of carbonyl (C=O) groups is 1. The van der Waals surface area contributed by atoms with Crippen LogP contribution in [-0.4, -0.2) is 28.0 Å². The van der Waals surface area contributed by atoms with Gasteiger partial charge in [-0.1, -0.05) is 0 Å². The molecule has 0 saturated heterocycles. The summed E-state index contributed by atoms with van der Waals surface area (Å²) in [4.78, 5) is 21.0. The molecule has 0 radical (unpaired) electrons. The lowest BCUT2D eigenvalue weighted by Gasteiger charge is -2.15. The summed E-state index contributed by atoms with van der Waals surface area (Å²) in [5.41, 5.74) is 0. The number of anilines is 1. The minimum atomic E-state index is -0.352. The van der Waals surface area contributed by atoms with E-state index in [1.165, 1.54) is 11.3 Å². The van der Waals surface area contributed by atoms with Gasteiger partial charge in [-0.25, -0.2) is 9.97 Å². The van der Waals surface area contributed by atoms with Crippen LogP contribution in [-0.2, 0) is 4.79 Å². The molecular formula is C12H13ClN4OS. The Kier molecular flexibility index (Phi) is 3.28. The Bertz CT molecular complexity index is 625. The monoisotopic (exact) mass is 296 g/mol. The van der Waals surface area contributed by atoms with Crippen molar-refractivity contribution >= 4 is 44.9 Å². The van der Waals surface area contributed by atoms with E-state index in [0.29, 0.717) is 11.9 Å². The second-order valence-corrected chi connectivity index (χ2v) is 5.86. The summed E-state index contributed by atoms with van der Waals surface area (Å²) in [5.74, 6) is 0.593. The molecule has 1 fully saturated rings. The Hall–Kier alpha value is -1.40. The first-order chi connectivity index (χ1) is 9.13. The molecule has 0 bridgehead atoms. The van der Waals surface area contributed by atoms with E-state index in [2.05, 4.69) is 20.6 Å². The van der Waals surface area contributed by atoms with Crippen molar-refractivity contribution in [2.75, 3.05) is 5.32 Å². The van der Waals surface area contributed by atoms with Crippen molar-refractivity contribution in [3.05, 3.63) is 16.7 Å². The van der Waals surface area contributed by atoms with E-state index in [1.807, 2.05) is 18.4 Å². The molecule has 2 N–H and O–H groups in total. The van der Waals surface area contributed by atoms with Crippen molar-refractivity contribution in [3.63, 3.8) is 0 Å². The second-order valence-electron chi connectivity index (χ2n) is 4.63. The Labute approximate surface area is 119 Å². The molecule has 1 saturated carbocycles. The summed E-state index contributed by atoms with van der Waals surface area (Å²) >= 11 is 7.38. The van der Waals surface area contributed by atoms with E-state index in [0.717, 1.165) is 23.1 Å². The predicted octanol–water partition coefficient (Wildman–Crippen LogP) is 2.42. The van der Waals surface area contributed by atoms with Crippen LogP contribution in [0.15, 0.2) is 11.4 Å². The Balaban J connectivity index is 1.79. The maximum atomic E-state index is 11.9. The van der Waals surface area contributed by atoms with Crippen LogP contribution in [0.4, 0.5) is 5.82 Å². The molecule has 0 spiro atoms. The van der Waals surface area contributed by atoms with Gasteiger partial charge in [-0.2, -0.15) is 0 Å². The first-order valence-electron chi connectivity index (χ1n) is 6.11. The van der Waals surface area contributed by atoms with E-state index in [4.69, 9.17) is 11.6 Å². The van der Waals surface area contributed by atoms with Crippen LogP contribution >= 0.6 is 22.9 Å². The lowest BCUT2D eigenvalue weighted by atomic mass is 10.3. The van der Waals surface area contributed by atoms with Gasteiger partial charge in [-0.05, 0) is 42.8 Å². The number of nitrogens with zero attached hydrogens (tertiary/aromatic N) is 2. The van der Waals surface area contributed by atoms with Gasteiger partial charge in [-0.15, -0.1) is 11.3 Å². The number of fused-ring (bicyclic) bond motifs is 1. The molecule has 3 rings (SSSR count). The minimum Gasteiger partial charge on any atom is -0.358 e. The van der Waals surface area contributed by atoms with Crippen LogP contribution < -0.4 is 10.6 Å². The quantitative estimate of drug-likeness (QED) is 0.850. The lowest BCUT2D eigenvalue weighted by Crippen LogP contribution is -2.38. The first-order valence-corrected chi connectivity index (χ1v) is 7.37. The highest BCUT2D eigenvalue weighted by atomic mass is 35.5. The van der Waals surface area contributed by atoms with Gasteiger partial charge in [0.05, 0.1) is 5.39 Å². The number of rotatable bonds is 4. The summed E-state index contributed by atoms with van der Waals surface area (Å²) in [6.07, 6.45) is 2.15. The van der Waals surface area contributed by atoms with Crippen LogP contribution in [0.5, 0.6) is 0 Å². The molecule has 7 heteroatoms. The predicted molar refractivity (Wildman–Crippen MR) is 76.7 cm³/mol. The summed E-state index contributed by atoms with van der Waals surface area (Å²) in [6.45, 7) is 1.81. The molecule has 1 atom stereocenters. The summed E-state index contributed by atoms with van der Waals surface area (Å²) in [6, 6.07) is 1.92. The topological polar surface area (TPSA) is 66.9 Å². The van der Waals surface area contributed by atoms with Crippen molar-refractivity contribution in [2.45, 2.75) is 31.8 Å². The largest absolute Gasteiger partial charge is 0.358 e. The number of hydrogen-bond donors (Lipinski definition) is 2. The second kappa shape index (κ2) is 4.94. The Morgan fingerprint density at radius 1 is 1.53 bits per heavy atom. The van der Waals surface area contributed by atoms with Crippen molar-refractivity contribution in [2.24, 2.45) is 0 Å². The fourth-order valence-corrected chi connectivity index (χ4v) is 2.75. The fourth-order valence-electron chi connectivity index (χ4n) is 1.76. The molecule has 1 unspecified atom stereocenters. The van der Waals surface area contributed by atoms with E-state index in [9.17, 15) is 4.79 Å². The zero-order chi connectivity index (χ0) is 13.4. The third-order valence-electron chi connectivity index (χ3n) is 2.97. The number of aromatic nitrogens is 2. The molecule has 2 heterocycles. The molecule has 1 aliphatic carbocycles. The zero-order valence-corrected chi connectivity index (χ0v) is 11.9. The molecule has 1 amide bonds. The van der Waals surface area contributed by atoms with E-state index >= 15 is 0 Å². The third kappa shape index (κ3) is 2.79. The fraction of sp³-hybridized carbons (Fsp3) is 0.417. The van der Waals surface area contributed by atoms with Gasteiger partial charge in [0.25, 0.3) is 0 Å². The lowest BCUT2D eigenvalue weighted by molar-refractivity contribution is -0.121. The normalized spacial score (nSPS) is 16.3. The van der Waals surface area contributed by atoms with E-state index in [-0.39, 0.29) is 17.2 Å². The van der Waals surface area contributed by atoms with Gasteiger partial charge in [0.2, 0.25) is 11.2 Å². The van der Waals surface area contributed by atoms with Crippen molar-refractivity contribution in [1.82, 2.24) is 15.3 Å². The van der Waals surface area contributed by atoms with Gasteiger partial charge >= 0.3 is 0 Å². The number of nitrogens with one attached hydrogen (secondary N) is 2. The van der Waals surface area contributed by atoms with Gasteiger partial charge < -0.3 is 10.6 Å². The third-order valence-corrected chi connectivity index (χ3v) is 3.94. The molecular weight excluding hydrogens is 284 g/mol. The first kappa shape index (κ1) is 12.6. The highest BCUT2D eigenvalue weighted by Gasteiger charge is 2.26. The van der Waals surface area contributed by atoms with Gasteiger partial charge in [0.15, 0.2) is 0 Å². The molecule has 1 aliphatic rings. The van der Waals surface area contributed by atoms with Crippen LogP contribution in [0.1, 0.15) is 19.8 Å². The minimum absolute atomic E-state index is 0.0133. The Morgan fingerprint density at radius 2 is 2.32 bits per heavy atom. The molecule has 0 aliphatic heterocycles. The number of amides is 1. The average Bonchev–Trinajstić information content (AvgIpc) is 3.04. The summed E-state index contributed by atoms with van der Waals surface area (Å²) < 4.78 is 0. The number of hydrogen-bond acceptors (Lipinski definition) is 5. The SMILES string of the molecule is CC(Nc1nc(Cl)nc2sccc12)C(=O)NC1CC1. The van der Waals surface area contributed by atoms with Crippen LogP contribution in [0.25, 0.3) is 10.2 Å². The molecule has 2 aromatic heterocycles. The molecule has 5 nitrogen and oxygen atoms in total. The van der Waals surface area contributed by atoms with E-state index < -0.39 is 0 Å². The smallest absolute Gasteiger partial charge is 0.242 e. The number of carbonyl (C=O) groups excluding carboxylic acids is 1. The van der Waals surface area contributed by atoms with Crippen molar-refractivity contribution < 1.29 is 4.79 Å². The zero-order valence-electron chi connectivity index (χ0n) is 10.3. The van der Waals surface area contributed by atoms with Gasteiger partial charge in [-0.3, -0.25) is 4.79 Å². The maximum absolute atomic E-state index is 11.9. The van der Waals surface area contributed by atoms with Gasteiger partial charge in [0.1, 0.15) is 16.7 Å². The summed E-state index contributed by atoms with van der Waals surface area (Å²) in [5, 5.41) is 9.06. The standard InChI is InChI=1S/C12H13ClN4OS/c1-6(10(18)15-7-2-3-7)14-9-8-4-5-19-11(8)17-12(13)16-9/h4-7H,2-3H2,1H3,(H,15,18)(H,14,16,17). The van der Waals surface area contributed by atoms with E-state index in [1.54, 1.807) is 0 Å². The average molecular weight is 297 g/mol. The Morgan fingerprint density at radius 3 is 3.05 bits per heavy atom. The highest BCUT2D eigenvalue weighted by Crippen LogP contribution is 2.27. The molecule has 100 valence electrons. The molecule has 2 aromatic rings. The van der Waals surface area contributed by atoms with Crippen molar-refractivity contribution in [1.29, 1.82) is 0 Å². The summed E-state index contributed by atoms with van der Waals surface area (Å²) in [7, 11) is 0. The number of halogens is 1. The van der Waals surface area contributed by atoms with Crippen LogP contribution in [0, 0.1) is 0 Å². The highest BCUT2D eigenvalue weighted by molar-refractivity contribution is 7.16.